The fourth-order valence-corrected chi connectivity index (χ4v) is 1.35. The summed E-state index contributed by atoms with van der Waals surface area (Å²) in [5.74, 6) is -0.318. The normalized spacial score (nSPS) is 11.0. The monoisotopic (exact) mass is 199 g/mol. The molecule has 0 aliphatic heterocycles. The molecule has 1 aromatic carbocycles. The molecule has 0 amide bonds. The van der Waals surface area contributed by atoms with Gasteiger partial charge in [0.25, 0.3) is 0 Å². The second-order valence-corrected chi connectivity index (χ2v) is 3.44. The smallest absolute Gasteiger partial charge is 0.126 e. The highest BCUT2D eigenvalue weighted by Crippen LogP contribution is 2.28. The molecule has 0 spiro atoms. The summed E-state index contributed by atoms with van der Waals surface area (Å²) in [6.07, 6.45) is 0. The molecule has 0 aromatic heterocycles. The van der Waals surface area contributed by atoms with Crippen LogP contribution in [0.2, 0.25) is 0 Å². The third-order valence-electron chi connectivity index (χ3n) is 2.20. The highest BCUT2D eigenvalue weighted by molar-refractivity contribution is 5.45. The van der Waals surface area contributed by atoms with Crippen molar-refractivity contribution in [3.63, 3.8) is 0 Å². The van der Waals surface area contributed by atoms with Gasteiger partial charge in [0.1, 0.15) is 11.6 Å². The number of aromatic hydroxyl groups is 1. The van der Waals surface area contributed by atoms with Gasteiger partial charge in [-0.2, -0.15) is 5.06 Å². The number of halogens is 1. The van der Waals surface area contributed by atoms with Crippen LogP contribution in [0.15, 0.2) is 6.07 Å². The molecule has 0 aliphatic carbocycles. The van der Waals surface area contributed by atoms with E-state index in [0.717, 1.165) is 5.06 Å². The minimum absolute atomic E-state index is 0.0461. The standard InChI is InChI=1S/C10H14FNO2/c1-6-4-9(11)7(2)8(10(6)13)5-12(3)14/h4,13-14H,5H2,1-3H3. The van der Waals surface area contributed by atoms with Crippen LogP contribution in [-0.4, -0.2) is 22.4 Å². The first-order chi connectivity index (χ1) is 6.43. The van der Waals surface area contributed by atoms with E-state index in [2.05, 4.69) is 0 Å². The first-order valence-corrected chi connectivity index (χ1v) is 4.31. The number of hydroxylamine groups is 2. The van der Waals surface area contributed by atoms with Gasteiger partial charge < -0.3 is 10.3 Å². The van der Waals surface area contributed by atoms with Crippen LogP contribution in [0.3, 0.4) is 0 Å². The van der Waals surface area contributed by atoms with Crippen LogP contribution in [0.25, 0.3) is 0 Å². The zero-order chi connectivity index (χ0) is 10.9. The van der Waals surface area contributed by atoms with Crippen molar-refractivity contribution < 1.29 is 14.7 Å². The molecular weight excluding hydrogens is 185 g/mol. The highest BCUT2D eigenvalue weighted by atomic mass is 19.1. The van der Waals surface area contributed by atoms with Gasteiger partial charge in [0.05, 0.1) is 6.54 Å². The Kier molecular flexibility index (Phi) is 3.08. The number of phenolic OH excluding ortho intramolecular Hbond substituents is 1. The fraction of sp³-hybridized carbons (Fsp3) is 0.400. The number of hydrogen-bond donors (Lipinski definition) is 2. The van der Waals surface area contributed by atoms with E-state index >= 15 is 0 Å². The molecule has 14 heavy (non-hydrogen) atoms. The quantitative estimate of drug-likeness (QED) is 0.716. The van der Waals surface area contributed by atoms with Crippen molar-refractivity contribution in [3.05, 3.63) is 28.6 Å². The van der Waals surface area contributed by atoms with Gasteiger partial charge in [-0.1, -0.05) is 0 Å². The maximum Gasteiger partial charge on any atom is 0.126 e. The molecule has 0 unspecified atom stereocenters. The zero-order valence-electron chi connectivity index (χ0n) is 8.50. The second-order valence-electron chi connectivity index (χ2n) is 3.44. The van der Waals surface area contributed by atoms with Crippen LogP contribution in [0.5, 0.6) is 5.75 Å². The Morgan fingerprint density at radius 3 is 2.50 bits per heavy atom. The molecule has 0 saturated carbocycles. The van der Waals surface area contributed by atoms with Crippen molar-refractivity contribution >= 4 is 0 Å². The summed E-state index contributed by atoms with van der Waals surface area (Å²) in [6, 6.07) is 1.28. The number of phenols is 1. The van der Waals surface area contributed by atoms with Gasteiger partial charge in [0.15, 0.2) is 0 Å². The summed E-state index contributed by atoms with van der Waals surface area (Å²) in [5.41, 5.74) is 1.27. The van der Waals surface area contributed by atoms with Gasteiger partial charge in [-0.25, -0.2) is 4.39 Å². The first kappa shape index (κ1) is 10.9. The molecule has 0 fully saturated rings. The predicted octanol–water partition coefficient (Wildman–Crippen LogP) is 1.97. The molecule has 4 heteroatoms. The third-order valence-corrected chi connectivity index (χ3v) is 2.20. The third kappa shape index (κ3) is 2.02. The molecule has 0 bridgehead atoms. The molecule has 78 valence electrons. The molecule has 0 atom stereocenters. The average Bonchev–Trinajstić information content (AvgIpc) is 2.09. The lowest BCUT2D eigenvalue weighted by Gasteiger charge is -2.14. The topological polar surface area (TPSA) is 43.7 Å². The highest BCUT2D eigenvalue weighted by Gasteiger charge is 2.13. The van der Waals surface area contributed by atoms with Crippen LogP contribution < -0.4 is 0 Å². The first-order valence-electron chi connectivity index (χ1n) is 4.31. The number of rotatable bonds is 2. The zero-order valence-corrected chi connectivity index (χ0v) is 8.50. The lowest BCUT2D eigenvalue weighted by Crippen LogP contribution is -2.13. The van der Waals surface area contributed by atoms with Gasteiger partial charge in [0, 0.05) is 12.6 Å². The molecule has 0 radical (unpaired) electrons. The van der Waals surface area contributed by atoms with Gasteiger partial charge in [-0.05, 0) is 31.0 Å². The minimum atomic E-state index is -0.364. The van der Waals surface area contributed by atoms with Crippen LogP contribution in [-0.2, 0) is 6.54 Å². The number of benzene rings is 1. The van der Waals surface area contributed by atoms with E-state index in [1.165, 1.54) is 13.1 Å². The summed E-state index contributed by atoms with van der Waals surface area (Å²) in [4.78, 5) is 0. The van der Waals surface area contributed by atoms with E-state index in [0.29, 0.717) is 16.7 Å². The molecule has 1 rings (SSSR count). The summed E-state index contributed by atoms with van der Waals surface area (Å²) in [5, 5.41) is 19.6. The van der Waals surface area contributed by atoms with Gasteiger partial charge in [0.2, 0.25) is 0 Å². The van der Waals surface area contributed by atoms with Crippen LogP contribution in [0.4, 0.5) is 4.39 Å². The lowest BCUT2D eigenvalue weighted by molar-refractivity contribution is -0.0737. The second kappa shape index (κ2) is 3.94. The SMILES string of the molecule is Cc1cc(F)c(C)c(CN(C)O)c1O. The number of hydrogen-bond acceptors (Lipinski definition) is 3. The number of aryl methyl sites for hydroxylation is 1. The van der Waals surface area contributed by atoms with E-state index in [1.54, 1.807) is 13.8 Å². The maximum absolute atomic E-state index is 13.3. The fourth-order valence-electron chi connectivity index (χ4n) is 1.35. The lowest BCUT2D eigenvalue weighted by atomic mass is 10.0. The van der Waals surface area contributed by atoms with E-state index in [-0.39, 0.29) is 18.1 Å². The van der Waals surface area contributed by atoms with Crippen molar-refractivity contribution in [1.82, 2.24) is 5.06 Å². The molecule has 0 saturated heterocycles. The molecule has 1 aromatic rings. The van der Waals surface area contributed by atoms with Crippen molar-refractivity contribution in [3.8, 4) is 5.75 Å². The Morgan fingerprint density at radius 2 is 2.00 bits per heavy atom. The van der Waals surface area contributed by atoms with Crippen molar-refractivity contribution in [2.24, 2.45) is 0 Å². The van der Waals surface area contributed by atoms with Crippen molar-refractivity contribution in [2.45, 2.75) is 20.4 Å². The van der Waals surface area contributed by atoms with Gasteiger partial charge in [-0.3, -0.25) is 0 Å². The molecular formula is C10H14FNO2. The Morgan fingerprint density at radius 1 is 1.43 bits per heavy atom. The van der Waals surface area contributed by atoms with E-state index in [9.17, 15) is 9.50 Å². The van der Waals surface area contributed by atoms with Crippen molar-refractivity contribution in [1.29, 1.82) is 0 Å². The molecule has 2 N–H and O–H groups in total. The molecule has 0 aliphatic rings. The Hall–Kier alpha value is -1.13. The molecule has 0 heterocycles. The largest absolute Gasteiger partial charge is 0.507 e. The van der Waals surface area contributed by atoms with Crippen molar-refractivity contribution in [2.75, 3.05) is 7.05 Å². The Labute approximate surface area is 82.4 Å². The van der Waals surface area contributed by atoms with Gasteiger partial charge in [-0.15, -0.1) is 0 Å². The van der Waals surface area contributed by atoms with Crippen LogP contribution in [0, 0.1) is 19.7 Å². The summed E-state index contributed by atoms with van der Waals surface area (Å²) < 4.78 is 13.3. The molecule has 3 nitrogen and oxygen atoms in total. The number of nitrogens with zero attached hydrogens (tertiary/aromatic N) is 1. The van der Waals surface area contributed by atoms with E-state index in [4.69, 9.17) is 5.21 Å². The summed E-state index contributed by atoms with van der Waals surface area (Å²) in [6.45, 7) is 3.31. The minimum Gasteiger partial charge on any atom is -0.507 e. The maximum atomic E-state index is 13.3. The Bertz CT molecular complexity index is 324. The average molecular weight is 199 g/mol. The van der Waals surface area contributed by atoms with Crippen LogP contribution >= 0.6 is 0 Å². The van der Waals surface area contributed by atoms with Crippen LogP contribution in [0.1, 0.15) is 16.7 Å². The van der Waals surface area contributed by atoms with E-state index < -0.39 is 0 Å². The van der Waals surface area contributed by atoms with E-state index in [1.807, 2.05) is 0 Å². The van der Waals surface area contributed by atoms with Gasteiger partial charge >= 0.3 is 0 Å². The summed E-state index contributed by atoms with van der Waals surface area (Å²) in [7, 11) is 1.44. The Balaban J connectivity index is 3.25. The predicted molar refractivity (Wildman–Crippen MR) is 50.8 cm³/mol. The summed E-state index contributed by atoms with van der Waals surface area (Å²) >= 11 is 0.